The first-order valence-corrected chi connectivity index (χ1v) is 7.89. The number of carbonyl (C=O) groups is 1. The van der Waals surface area contributed by atoms with E-state index >= 15 is 0 Å². The van der Waals surface area contributed by atoms with Crippen molar-refractivity contribution in [3.63, 3.8) is 0 Å². The third kappa shape index (κ3) is 4.38. The normalized spacial score (nSPS) is 11.4. The number of hydrogen-bond acceptors (Lipinski definition) is 5. The molecule has 0 atom stereocenters. The summed E-state index contributed by atoms with van der Waals surface area (Å²) >= 11 is 5.84. The number of aromatic nitrogens is 2. The summed E-state index contributed by atoms with van der Waals surface area (Å²) in [4.78, 5) is 27.4. The zero-order valence-electron chi connectivity index (χ0n) is 14.1. The lowest BCUT2D eigenvalue weighted by atomic mass is 10.2. The van der Waals surface area contributed by atoms with Gasteiger partial charge in [0.25, 0.3) is 5.56 Å². The quantitative estimate of drug-likeness (QED) is 0.558. The van der Waals surface area contributed by atoms with E-state index in [1.54, 1.807) is 6.92 Å². The maximum atomic E-state index is 14.4. The third-order valence-corrected chi connectivity index (χ3v) is 3.61. The van der Waals surface area contributed by atoms with Crippen molar-refractivity contribution in [2.75, 3.05) is 13.7 Å². The third-order valence-electron chi connectivity index (χ3n) is 3.30. The molecule has 2 aromatic rings. The number of ether oxygens (including phenoxy) is 2. The van der Waals surface area contributed by atoms with Gasteiger partial charge in [0.15, 0.2) is 5.69 Å². The number of hydrogen-bond donors (Lipinski definition) is 0. The average Bonchev–Trinajstić information content (AvgIpc) is 2.58. The smallest absolute Gasteiger partial charge is 0.433 e. The van der Waals surface area contributed by atoms with Crippen molar-refractivity contribution in [1.29, 1.82) is 0 Å². The van der Waals surface area contributed by atoms with E-state index in [1.807, 2.05) is 0 Å². The topological polar surface area (TPSA) is 70.4 Å². The lowest BCUT2D eigenvalue weighted by Crippen LogP contribution is -2.25. The largest absolute Gasteiger partial charge is 0.468 e. The Morgan fingerprint density at radius 1 is 1.30 bits per heavy atom. The van der Waals surface area contributed by atoms with Gasteiger partial charge in [-0.25, -0.2) is 13.8 Å². The predicted molar refractivity (Wildman–Crippen MR) is 86.9 cm³/mol. The Kier molecular flexibility index (Phi) is 6.09. The maximum Gasteiger partial charge on any atom is 0.433 e. The molecule has 0 saturated heterocycles. The predicted octanol–water partition coefficient (Wildman–Crippen LogP) is 3.62. The van der Waals surface area contributed by atoms with E-state index in [0.29, 0.717) is 11.0 Å². The lowest BCUT2D eigenvalue weighted by Gasteiger charge is -2.15. The van der Waals surface area contributed by atoms with Gasteiger partial charge in [-0.15, -0.1) is 0 Å². The summed E-state index contributed by atoms with van der Waals surface area (Å²) in [6.07, 6.45) is -4.38. The molecule has 6 nitrogen and oxygen atoms in total. The minimum absolute atomic E-state index is 0.0764. The van der Waals surface area contributed by atoms with Gasteiger partial charge in [-0.1, -0.05) is 18.5 Å². The van der Waals surface area contributed by atoms with Crippen molar-refractivity contribution in [2.45, 2.75) is 19.5 Å². The first kappa shape index (κ1) is 20.7. The number of benzene rings is 1. The molecular weight excluding hydrogens is 396 g/mol. The molecule has 0 aliphatic carbocycles. The summed E-state index contributed by atoms with van der Waals surface area (Å²) in [6, 6.07) is 0.993. The lowest BCUT2D eigenvalue weighted by molar-refractivity contribution is -0.141. The van der Waals surface area contributed by atoms with E-state index in [0.717, 1.165) is 19.2 Å². The monoisotopic (exact) mass is 408 g/mol. The van der Waals surface area contributed by atoms with Crippen LogP contribution >= 0.6 is 11.6 Å². The van der Waals surface area contributed by atoms with Crippen molar-refractivity contribution in [1.82, 2.24) is 9.55 Å². The molecule has 11 heteroatoms. The number of carbonyl (C=O) groups excluding carboxylic acids is 1. The van der Waals surface area contributed by atoms with Crippen LogP contribution < -0.4 is 10.3 Å². The molecule has 1 aromatic heterocycles. The fourth-order valence-electron chi connectivity index (χ4n) is 2.10. The highest BCUT2D eigenvalue weighted by Crippen LogP contribution is 2.30. The van der Waals surface area contributed by atoms with Crippen LogP contribution in [0.3, 0.4) is 0 Å². The number of halogens is 5. The number of rotatable bonds is 5. The van der Waals surface area contributed by atoms with E-state index in [1.165, 1.54) is 0 Å². The molecule has 1 aromatic carbocycles. The van der Waals surface area contributed by atoms with Crippen molar-refractivity contribution >= 4 is 17.6 Å². The van der Waals surface area contributed by atoms with Crippen LogP contribution in [-0.2, 0) is 10.9 Å². The second-order valence-corrected chi connectivity index (χ2v) is 5.63. The van der Waals surface area contributed by atoms with E-state index in [-0.39, 0.29) is 23.3 Å². The molecule has 0 unspecified atom stereocenters. The number of alkyl halides is 3. The molecule has 2 rings (SSSR count). The summed E-state index contributed by atoms with van der Waals surface area (Å²) in [6.45, 7) is 1.83. The number of esters is 1. The second-order valence-electron chi connectivity index (χ2n) is 5.22. The highest BCUT2D eigenvalue weighted by Gasteiger charge is 2.35. The first-order valence-electron chi connectivity index (χ1n) is 7.52. The minimum Gasteiger partial charge on any atom is -0.468 e. The zero-order chi connectivity index (χ0) is 20.4. The molecule has 0 radical (unpaired) electrons. The highest BCUT2D eigenvalue weighted by molar-refractivity contribution is 6.33. The molecule has 0 amide bonds. The average molecular weight is 409 g/mol. The van der Waals surface area contributed by atoms with E-state index in [4.69, 9.17) is 21.1 Å². The van der Waals surface area contributed by atoms with E-state index < -0.39 is 40.9 Å². The van der Waals surface area contributed by atoms with Gasteiger partial charge in [-0.05, 0) is 18.6 Å². The van der Waals surface area contributed by atoms with E-state index in [9.17, 15) is 27.2 Å². The molecule has 146 valence electrons. The molecule has 0 bridgehead atoms. The summed E-state index contributed by atoms with van der Waals surface area (Å²) in [7, 11) is 0.961. The maximum absolute atomic E-state index is 14.4. The Labute approximate surface area is 155 Å². The number of nitrogens with zero attached hydrogens (tertiary/aromatic N) is 2. The fraction of sp³-hybridized carbons (Fsp3) is 0.312. The molecule has 27 heavy (non-hydrogen) atoms. The molecule has 0 aliphatic rings. The van der Waals surface area contributed by atoms with Gasteiger partial charge in [-0.2, -0.15) is 18.2 Å². The SMILES string of the molecule is CCCOC(=O)c1cc(-n2c(OC)nc(C(F)(F)F)cc2=O)c(F)cc1Cl. The van der Waals surface area contributed by atoms with Gasteiger partial charge in [0.05, 0.1) is 30.0 Å². The summed E-state index contributed by atoms with van der Waals surface area (Å²) in [5, 5.41) is -0.288. The zero-order valence-corrected chi connectivity index (χ0v) is 14.8. The Balaban J connectivity index is 2.68. The molecular formula is C16H13ClF4N2O4. The number of methoxy groups -OCH3 is 1. The van der Waals surface area contributed by atoms with Gasteiger partial charge in [-0.3, -0.25) is 4.79 Å². The fourth-order valence-corrected chi connectivity index (χ4v) is 2.33. The molecule has 0 spiro atoms. The van der Waals surface area contributed by atoms with Crippen molar-refractivity contribution in [3.05, 3.63) is 50.7 Å². The van der Waals surface area contributed by atoms with Gasteiger partial charge in [0, 0.05) is 6.07 Å². The standard InChI is InChI=1S/C16H13ClF4N2O4/c1-3-4-27-14(25)8-5-11(10(18)6-9(8)17)23-13(24)7-12(16(19,20)21)22-15(23)26-2/h5-7H,3-4H2,1-2H3. The van der Waals surface area contributed by atoms with Crippen LogP contribution in [0.5, 0.6) is 6.01 Å². The van der Waals surface area contributed by atoms with Crippen LogP contribution in [0.2, 0.25) is 5.02 Å². The Bertz CT molecular complexity index is 928. The van der Waals surface area contributed by atoms with Crippen LogP contribution in [0.25, 0.3) is 5.69 Å². The molecule has 0 N–H and O–H groups in total. The highest BCUT2D eigenvalue weighted by atomic mass is 35.5. The summed E-state index contributed by atoms with van der Waals surface area (Å²) in [5.74, 6) is -1.95. The van der Waals surface area contributed by atoms with Gasteiger partial charge < -0.3 is 9.47 Å². The van der Waals surface area contributed by atoms with Crippen molar-refractivity contribution in [2.24, 2.45) is 0 Å². The van der Waals surface area contributed by atoms with Gasteiger partial charge in [0.1, 0.15) is 5.82 Å². The Hall–Kier alpha value is -2.62. The van der Waals surface area contributed by atoms with Crippen molar-refractivity contribution < 1.29 is 31.8 Å². The molecule has 0 saturated carbocycles. The van der Waals surface area contributed by atoms with Crippen LogP contribution in [0.4, 0.5) is 17.6 Å². The minimum atomic E-state index is -4.90. The van der Waals surface area contributed by atoms with Gasteiger partial charge in [0.2, 0.25) is 0 Å². The van der Waals surface area contributed by atoms with Crippen LogP contribution in [0.15, 0.2) is 23.0 Å². The van der Waals surface area contributed by atoms with Crippen LogP contribution in [-0.4, -0.2) is 29.2 Å². The second kappa shape index (κ2) is 7.95. The van der Waals surface area contributed by atoms with Crippen LogP contribution in [0.1, 0.15) is 29.4 Å². The molecule has 0 fully saturated rings. The molecule has 1 heterocycles. The Morgan fingerprint density at radius 3 is 2.52 bits per heavy atom. The van der Waals surface area contributed by atoms with Crippen LogP contribution in [0, 0.1) is 5.82 Å². The first-order chi connectivity index (χ1) is 12.6. The summed E-state index contributed by atoms with van der Waals surface area (Å²) < 4.78 is 62.9. The summed E-state index contributed by atoms with van der Waals surface area (Å²) in [5.41, 5.74) is -3.60. The van der Waals surface area contributed by atoms with E-state index in [2.05, 4.69) is 4.98 Å². The van der Waals surface area contributed by atoms with Gasteiger partial charge >= 0.3 is 18.2 Å². The molecule has 0 aliphatic heterocycles. The van der Waals surface area contributed by atoms with Crippen molar-refractivity contribution in [3.8, 4) is 11.7 Å². The Morgan fingerprint density at radius 2 is 1.96 bits per heavy atom.